The second-order valence-corrected chi connectivity index (χ2v) is 5.09. The zero-order valence-electron chi connectivity index (χ0n) is 9.31. The zero-order chi connectivity index (χ0) is 12.7. The summed E-state index contributed by atoms with van der Waals surface area (Å²) in [5.74, 6) is 0.508. The van der Waals surface area contributed by atoms with Gasteiger partial charge in [-0.25, -0.2) is 4.98 Å². The van der Waals surface area contributed by atoms with Gasteiger partial charge in [0.1, 0.15) is 5.82 Å². The number of halogens is 2. The summed E-state index contributed by atoms with van der Waals surface area (Å²) in [6, 6.07) is 7.45. The highest BCUT2D eigenvalue weighted by atomic mass is 35.5. The molecule has 0 N–H and O–H groups in total. The number of hydrogen-bond acceptors (Lipinski definition) is 3. The van der Waals surface area contributed by atoms with Crippen LogP contribution < -0.4 is 4.90 Å². The molecule has 1 amide bonds. The highest BCUT2D eigenvalue weighted by molar-refractivity contribution is 6.29. The fourth-order valence-corrected chi connectivity index (χ4v) is 2.55. The Kier molecular flexibility index (Phi) is 2.84. The van der Waals surface area contributed by atoms with Gasteiger partial charge in [-0.2, -0.15) is 4.98 Å². The third-order valence-corrected chi connectivity index (χ3v) is 3.35. The van der Waals surface area contributed by atoms with Crippen LogP contribution in [-0.2, 0) is 4.79 Å². The van der Waals surface area contributed by atoms with Gasteiger partial charge in [0, 0.05) is 18.4 Å². The number of para-hydroxylation sites is 1. The van der Waals surface area contributed by atoms with Crippen molar-refractivity contribution in [1.82, 2.24) is 9.97 Å². The molecule has 3 rings (SSSR count). The van der Waals surface area contributed by atoms with E-state index in [9.17, 15) is 4.79 Å². The number of amides is 1. The molecule has 1 saturated heterocycles. The number of carbonyl (C=O) groups excluding carboxylic acids is 1. The molecule has 1 atom stereocenters. The van der Waals surface area contributed by atoms with E-state index in [1.54, 1.807) is 4.90 Å². The molecule has 0 saturated carbocycles. The summed E-state index contributed by atoms with van der Waals surface area (Å²) < 4.78 is 0. The fourth-order valence-electron chi connectivity index (χ4n) is 2.11. The number of carbonyl (C=O) groups is 1. The molecular formula is C12H9Cl2N3O. The number of hydrogen-bond donors (Lipinski definition) is 0. The molecular weight excluding hydrogens is 273 g/mol. The minimum Gasteiger partial charge on any atom is -0.295 e. The molecule has 1 fully saturated rings. The predicted octanol–water partition coefficient (Wildman–Crippen LogP) is 2.63. The van der Waals surface area contributed by atoms with Gasteiger partial charge in [0.05, 0.1) is 10.9 Å². The molecule has 18 heavy (non-hydrogen) atoms. The van der Waals surface area contributed by atoms with Crippen molar-refractivity contribution in [3.05, 3.63) is 29.5 Å². The lowest BCUT2D eigenvalue weighted by Crippen LogP contribution is -2.26. The largest absolute Gasteiger partial charge is 0.295 e. The SMILES string of the molecule is O=C1CC(Cl)CN1c1nc(Cl)nc2ccccc12. The third kappa shape index (κ3) is 1.91. The number of fused-ring (bicyclic) bond motifs is 1. The van der Waals surface area contributed by atoms with E-state index >= 15 is 0 Å². The maximum atomic E-state index is 11.9. The summed E-state index contributed by atoms with van der Waals surface area (Å²) in [5.41, 5.74) is 0.721. The van der Waals surface area contributed by atoms with Gasteiger partial charge in [-0.1, -0.05) is 12.1 Å². The van der Waals surface area contributed by atoms with Crippen LogP contribution in [0.15, 0.2) is 24.3 Å². The first-order chi connectivity index (χ1) is 8.65. The lowest BCUT2D eigenvalue weighted by Gasteiger charge is -2.16. The highest BCUT2D eigenvalue weighted by Gasteiger charge is 2.31. The Morgan fingerprint density at radius 2 is 2.06 bits per heavy atom. The Balaban J connectivity index is 2.19. The van der Waals surface area contributed by atoms with Crippen LogP contribution in [0.1, 0.15) is 6.42 Å². The number of alkyl halides is 1. The third-order valence-electron chi connectivity index (χ3n) is 2.89. The summed E-state index contributed by atoms with van der Waals surface area (Å²) in [6.07, 6.45) is 0.331. The van der Waals surface area contributed by atoms with Gasteiger partial charge in [0.2, 0.25) is 11.2 Å². The van der Waals surface area contributed by atoms with Crippen LogP contribution in [0.25, 0.3) is 10.9 Å². The molecule has 92 valence electrons. The molecule has 6 heteroatoms. The minimum absolute atomic E-state index is 0.0325. The molecule has 2 aromatic rings. The van der Waals surface area contributed by atoms with E-state index in [2.05, 4.69) is 9.97 Å². The first-order valence-corrected chi connectivity index (χ1v) is 6.33. The molecule has 0 bridgehead atoms. The standard InChI is InChI=1S/C12H9Cl2N3O/c13-7-5-10(18)17(6-7)11-8-3-1-2-4-9(8)15-12(14)16-11/h1-4,7H,5-6H2. The Morgan fingerprint density at radius 3 is 2.78 bits per heavy atom. The summed E-state index contributed by atoms with van der Waals surface area (Å²) in [4.78, 5) is 21.8. The van der Waals surface area contributed by atoms with Crippen LogP contribution in [0.5, 0.6) is 0 Å². The second kappa shape index (κ2) is 4.37. The van der Waals surface area contributed by atoms with Gasteiger partial charge >= 0.3 is 0 Å². The van der Waals surface area contributed by atoms with Crippen molar-refractivity contribution in [1.29, 1.82) is 0 Å². The highest BCUT2D eigenvalue weighted by Crippen LogP contribution is 2.29. The van der Waals surface area contributed by atoms with Crippen molar-refractivity contribution >= 4 is 45.8 Å². The van der Waals surface area contributed by atoms with E-state index in [0.29, 0.717) is 18.8 Å². The van der Waals surface area contributed by atoms with Crippen molar-refractivity contribution < 1.29 is 4.79 Å². The Labute approximate surface area is 114 Å². The maximum absolute atomic E-state index is 11.9. The van der Waals surface area contributed by atoms with Gasteiger partial charge in [-0.3, -0.25) is 9.69 Å². The average molecular weight is 282 g/mol. The van der Waals surface area contributed by atoms with Crippen LogP contribution in [-0.4, -0.2) is 27.8 Å². The number of rotatable bonds is 1. The fraction of sp³-hybridized carbons (Fsp3) is 0.250. The summed E-state index contributed by atoms with van der Waals surface area (Å²) >= 11 is 11.9. The summed E-state index contributed by atoms with van der Waals surface area (Å²) in [5, 5.41) is 0.764. The van der Waals surface area contributed by atoms with Crippen molar-refractivity contribution in [3.63, 3.8) is 0 Å². The first kappa shape index (κ1) is 11.7. The van der Waals surface area contributed by atoms with Gasteiger partial charge in [-0.05, 0) is 23.7 Å². The molecule has 1 aromatic carbocycles. The lowest BCUT2D eigenvalue weighted by molar-refractivity contribution is -0.117. The van der Waals surface area contributed by atoms with Crippen molar-refractivity contribution in [2.24, 2.45) is 0 Å². The quantitative estimate of drug-likeness (QED) is 0.596. The Morgan fingerprint density at radius 1 is 1.28 bits per heavy atom. The summed E-state index contributed by atoms with van der Waals surface area (Å²) in [7, 11) is 0. The molecule has 1 aliphatic rings. The van der Waals surface area contributed by atoms with E-state index < -0.39 is 0 Å². The number of nitrogens with zero attached hydrogens (tertiary/aromatic N) is 3. The van der Waals surface area contributed by atoms with Gasteiger partial charge in [-0.15, -0.1) is 11.6 Å². The van der Waals surface area contributed by atoms with Crippen molar-refractivity contribution in [3.8, 4) is 0 Å². The molecule has 0 radical (unpaired) electrons. The van der Waals surface area contributed by atoms with Gasteiger partial charge < -0.3 is 0 Å². The predicted molar refractivity (Wildman–Crippen MR) is 71.2 cm³/mol. The Hall–Kier alpha value is -1.39. The van der Waals surface area contributed by atoms with Crippen LogP contribution >= 0.6 is 23.2 Å². The number of anilines is 1. The van der Waals surface area contributed by atoms with E-state index in [1.807, 2.05) is 24.3 Å². The average Bonchev–Trinajstić information content (AvgIpc) is 2.67. The Bertz CT molecular complexity index is 632. The van der Waals surface area contributed by atoms with Crippen molar-refractivity contribution in [2.45, 2.75) is 11.8 Å². The maximum Gasteiger partial charge on any atom is 0.229 e. The van der Waals surface area contributed by atoms with Crippen molar-refractivity contribution in [2.75, 3.05) is 11.4 Å². The minimum atomic E-state index is -0.176. The van der Waals surface area contributed by atoms with Crippen LogP contribution in [0.3, 0.4) is 0 Å². The number of benzene rings is 1. The second-order valence-electron chi connectivity index (χ2n) is 4.14. The molecule has 0 aliphatic carbocycles. The smallest absolute Gasteiger partial charge is 0.229 e. The van der Waals surface area contributed by atoms with Gasteiger partial charge in [0.25, 0.3) is 0 Å². The van der Waals surface area contributed by atoms with E-state index in [1.165, 1.54) is 0 Å². The first-order valence-electron chi connectivity index (χ1n) is 5.52. The van der Waals surface area contributed by atoms with Crippen LogP contribution in [0.4, 0.5) is 5.82 Å². The number of aromatic nitrogens is 2. The monoisotopic (exact) mass is 281 g/mol. The topological polar surface area (TPSA) is 46.1 Å². The molecule has 1 unspecified atom stereocenters. The molecule has 2 heterocycles. The van der Waals surface area contributed by atoms with E-state index in [-0.39, 0.29) is 16.6 Å². The van der Waals surface area contributed by atoms with Crippen LogP contribution in [0, 0.1) is 0 Å². The zero-order valence-corrected chi connectivity index (χ0v) is 10.8. The summed E-state index contributed by atoms with van der Waals surface area (Å²) in [6.45, 7) is 0.456. The molecule has 4 nitrogen and oxygen atoms in total. The van der Waals surface area contributed by atoms with Gasteiger partial charge in [0.15, 0.2) is 0 Å². The lowest BCUT2D eigenvalue weighted by atomic mass is 10.2. The molecule has 1 aromatic heterocycles. The molecule has 0 spiro atoms. The van der Waals surface area contributed by atoms with E-state index in [4.69, 9.17) is 23.2 Å². The normalized spacial score (nSPS) is 19.8. The van der Waals surface area contributed by atoms with E-state index in [0.717, 1.165) is 10.9 Å². The van der Waals surface area contributed by atoms with Crippen LogP contribution in [0.2, 0.25) is 5.28 Å². The molecule has 1 aliphatic heterocycles.